The number of benzene rings is 1. The van der Waals surface area contributed by atoms with Gasteiger partial charge in [0.25, 0.3) is 0 Å². The van der Waals surface area contributed by atoms with Crippen LogP contribution in [0.1, 0.15) is 51.0 Å². The fourth-order valence-electron chi connectivity index (χ4n) is 4.33. The molecule has 1 aromatic rings. The number of likely N-dealkylation sites (tertiary alicyclic amines) is 1. The van der Waals surface area contributed by atoms with Gasteiger partial charge < -0.3 is 9.47 Å². The summed E-state index contributed by atoms with van der Waals surface area (Å²) < 4.78 is 11.5. The zero-order valence-electron chi connectivity index (χ0n) is 15.6. The molecule has 0 amide bonds. The van der Waals surface area contributed by atoms with E-state index in [0.717, 1.165) is 45.5 Å². The first-order valence-electron chi connectivity index (χ1n) is 9.68. The summed E-state index contributed by atoms with van der Waals surface area (Å²) in [6.07, 6.45) is 4.46. The second-order valence-corrected chi connectivity index (χ2v) is 7.69. The number of piperidine rings is 1. The first-order chi connectivity index (χ1) is 12.1. The number of carbonyl (C=O) groups excluding carboxylic acids is 1. The van der Waals surface area contributed by atoms with E-state index in [1.54, 1.807) is 0 Å². The van der Waals surface area contributed by atoms with Crippen molar-refractivity contribution in [2.45, 2.75) is 51.6 Å². The predicted octanol–water partition coefficient (Wildman–Crippen LogP) is 3.61. The van der Waals surface area contributed by atoms with E-state index in [2.05, 4.69) is 35.2 Å². The molecule has 0 aromatic heterocycles. The van der Waals surface area contributed by atoms with Crippen LogP contribution in [-0.2, 0) is 14.3 Å². The van der Waals surface area contributed by atoms with Gasteiger partial charge >= 0.3 is 5.97 Å². The van der Waals surface area contributed by atoms with Crippen LogP contribution in [0, 0.1) is 5.41 Å². The Kier molecular flexibility index (Phi) is 6.13. The summed E-state index contributed by atoms with van der Waals surface area (Å²) >= 11 is 0. The Morgan fingerprint density at radius 3 is 2.88 bits per heavy atom. The minimum atomic E-state index is -0.384. The number of rotatable bonds is 5. The van der Waals surface area contributed by atoms with Crippen LogP contribution in [-0.4, -0.2) is 49.8 Å². The highest BCUT2D eigenvalue weighted by Crippen LogP contribution is 2.35. The minimum absolute atomic E-state index is 0.0520. The molecule has 25 heavy (non-hydrogen) atoms. The number of hydrogen-bond acceptors (Lipinski definition) is 4. The maximum atomic E-state index is 12.4. The van der Waals surface area contributed by atoms with Gasteiger partial charge in [0.05, 0.1) is 18.1 Å². The lowest BCUT2D eigenvalue weighted by molar-refractivity contribution is -0.158. The van der Waals surface area contributed by atoms with Crippen LogP contribution in [0.3, 0.4) is 0 Å². The first-order valence-corrected chi connectivity index (χ1v) is 9.68. The van der Waals surface area contributed by atoms with Gasteiger partial charge in [-0.25, -0.2) is 0 Å². The molecule has 2 heterocycles. The van der Waals surface area contributed by atoms with Crippen LogP contribution in [0.4, 0.5) is 0 Å². The molecule has 0 saturated carbocycles. The number of hydrogen-bond donors (Lipinski definition) is 0. The van der Waals surface area contributed by atoms with Gasteiger partial charge in [0.1, 0.15) is 0 Å². The molecule has 1 aromatic carbocycles. The van der Waals surface area contributed by atoms with Crippen LogP contribution in [0.25, 0.3) is 0 Å². The summed E-state index contributed by atoms with van der Waals surface area (Å²) in [5.74, 6) is 0.398. The number of carbonyl (C=O) groups is 1. The summed E-state index contributed by atoms with van der Waals surface area (Å²) in [6.45, 7) is 7.93. The van der Waals surface area contributed by atoms with Crippen molar-refractivity contribution in [2.24, 2.45) is 5.41 Å². The normalized spacial score (nSPS) is 30.8. The average Bonchev–Trinajstić information content (AvgIpc) is 2.63. The Morgan fingerprint density at radius 2 is 2.12 bits per heavy atom. The van der Waals surface area contributed by atoms with Crippen molar-refractivity contribution in [3.63, 3.8) is 0 Å². The summed E-state index contributed by atoms with van der Waals surface area (Å²) in [4.78, 5) is 14.8. The van der Waals surface area contributed by atoms with Crippen molar-refractivity contribution in [1.82, 2.24) is 4.90 Å². The second kappa shape index (κ2) is 8.33. The molecule has 138 valence electrons. The van der Waals surface area contributed by atoms with Crippen LogP contribution < -0.4 is 0 Å². The molecule has 0 spiro atoms. The third-order valence-electron chi connectivity index (χ3n) is 5.65. The summed E-state index contributed by atoms with van der Waals surface area (Å²) in [5, 5.41) is 0. The molecule has 3 rings (SSSR count). The maximum Gasteiger partial charge on any atom is 0.313 e. The molecule has 3 atom stereocenters. The van der Waals surface area contributed by atoms with Crippen LogP contribution in [0.15, 0.2) is 30.3 Å². The Hall–Kier alpha value is -1.39. The summed E-state index contributed by atoms with van der Waals surface area (Å²) in [6, 6.07) is 10.7. The monoisotopic (exact) mass is 345 g/mol. The average molecular weight is 345 g/mol. The van der Waals surface area contributed by atoms with Crippen molar-refractivity contribution in [1.29, 1.82) is 0 Å². The van der Waals surface area contributed by atoms with Crippen molar-refractivity contribution < 1.29 is 14.3 Å². The van der Waals surface area contributed by atoms with Crippen molar-refractivity contribution in [3.8, 4) is 0 Å². The van der Waals surface area contributed by atoms with Gasteiger partial charge in [-0.15, -0.1) is 0 Å². The molecule has 2 fully saturated rings. The van der Waals surface area contributed by atoms with Gasteiger partial charge in [0, 0.05) is 25.6 Å². The third-order valence-corrected chi connectivity index (χ3v) is 5.65. The molecule has 0 bridgehead atoms. The van der Waals surface area contributed by atoms with E-state index >= 15 is 0 Å². The minimum Gasteiger partial charge on any atom is -0.466 e. The maximum absolute atomic E-state index is 12.4. The summed E-state index contributed by atoms with van der Waals surface area (Å²) in [7, 11) is 0. The fourth-order valence-corrected chi connectivity index (χ4v) is 4.33. The molecular weight excluding hydrogens is 314 g/mol. The molecule has 3 unspecified atom stereocenters. The standard InChI is InChI=1S/C21H31NO3/c1-3-24-20(23)21(2)12-8-13-22(16-21)15-19-18(11-7-14-25-19)17-9-5-4-6-10-17/h4-6,9-10,18-19H,3,7-8,11-16H2,1-2H3. The molecule has 0 aliphatic carbocycles. The van der Waals surface area contributed by atoms with E-state index in [-0.39, 0.29) is 17.5 Å². The van der Waals surface area contributed by atoms with Crippen LogP contribution >= 0.6 is 0 Å². The molecular formula is C21H31NO3. The molecule has 4 heteroatoms. The van der Waals surface area contributed by atoms with E-state index in [4.69, 9.17) is 9.47 Å². The lowest BCUT2D eigenvalue weighted by atomic mass is 9.81. The topological polar surface area (TPSA) is 38.8 Å². The van der Waals surface area contributed by atoms with Gasteiger partial charge in [-0.05, 0) is 51.6 Å². The fraction of sp³-hybridized carbons (Fsp3) is 0.667. The number of nitrogens with zero attached hydrogens (tertiary/aromatic N) is 1. The van der Waals surface area contributed by atoms with Gasteiger partial charge in [-0.3, -0.25) is 9.69 Å². The molecule has 0 N–H and O–H groups in total. The lowest BCUT2D eigenvalue weighted by Gasteiger charge is -2.42. The first kappa shape index (κ1) is 18.4. The van der Waals surface area contributed by atoms with E-state index in [9.17, 15) is 4.79 Å². The van der Waals surface area contributed by atoms with Crippen LogP contribution in [0.5, 0.6) is 0 Å². The molecule has 2 aliphatic rings. The zero-order chi connectivity index (χ0) is 17.7. The van der Waals surface area contributed by atoms with E-state index in [1.807, 2.05) is 13.8 Å². The number of esters is 1. The Labute approximate surface area is 151 Å². The number of ether oxygens (including phenoxy) is 2. The molecule has 0 radical (unpaired) electrons. The Morgan fingerprint density at radius 1 is 1.32 bits per heavy atom. The van der Waals surface area contributed by atoms with Gasteiger partial charge in [-0.2, -0.15) is 0 Å². The van der Waals surface area contributed by atoms with E-state index < -0.39 is 0 Å². The Balaban J connectivity index is 1.66. The molecule has 2 saturated heterocycles. The molecule has 4 nitrogen and oxygen atoms in total. The van der Waals surface area contributed by atoms with E-state index in [1.165, 1.54) is 12.0 Å². The zero-order valence-corrected chi connectivity index (χ0v) is 15.6. The SMILES string of the molecule is CCOC(=O)C1(C)CCCN(CC2OCCCC2c2ccccc2)C1. The lowest BCUT2D eigenvalue weighted by Crippen LogP contribution is -2.50. The molecule has 2 aliphatic heterocycles. The highest BCUT2D eigenvalue weighted by Gasteiger charge is 2.40. The Bertz CT molecular complexity index is 562. The highest BCUT2D eigenvalue weighted by molar-refractivity contribution is 5.76. The predicted molar refractivity (Wildman–Crippen MR) is 98.6 cm³/mol. The highest BCUT2D eigenvalue weighted by atomic mass is 16.5. The van der Waals surface area contributed by atoms with Gasteiger partial charge in [0.2, 0.25) is 0 Å². The smallest absolute Gasteiger partial charge is 0.313 e. The second-order valence-electron chi connectivity index (χ2n) is 7.69. The summed E-state index contributed by atoms with van der Waals surface area (Å²) in [5.41, 5.74) is 0.989. The van der Waals surface area contributed by atoms with Crippen molar-refractivity contribution >= 4 is 5.97 Å². The third kappa shape index (κ3) is 4.42. The van der Waals surface area contributed by atoms with E-state index in [0.29, 0.717) is 12.5 Å². The van der Waals surface area contributed by atoms with Gasteiger partial charge in [0.15, 0.2) is 0 Å². The van der Waals surface area contributed by atoms with Gasteiger partial charge in [-0.1, -0.05) is 30.3 Å². The van der Waals surface area contributed by atoms with Crippen molar-refractivity contribution in [2.75, 3.05) is 32.8 Å². The quantitative estimate of drug-likeness (QED) is 0.764. The largest absolute Gasteiger partial charge is 0.466 e. The van der Waals surface area contributed by atoms with Crippen molar-refractivity contribution in [3.05, 3.63) is 35.9 Å². The van der Waals surface area contributed by atoms with Crippen LogP contribution in [0.2, 0.25) is 0 Å².